The predicted octanol–water partition coefficient (Wildman–Crippen LogP) is 6.19. The smallest absolute Gasteiger partial charge is 0.150 e. The van der Waals surface area contributed by atoms with E-state index >= 15 is 0 Å². The lowest BCUT2D eigenvalue weighted by molar-refractivity contribution is 0.112. The van der Waals surface area contributed by atoms with Crippen molar-refractivity contribution < 1.29 is 9.63 Å². The molecule has 3 rings (SSSR count). The molecule has 0 aliphatic heterocycles. The maximum Gasteiger partial charge on any atom is 0.150 e. The maximum absolute atomic E-state index is 10.8. The molecule has 0 aromatic heterocycles. The van der Waals surface area contributed by atoms with Crippen molar-refractivity contribution >= 4 is 12.0 Å². The van der Waals surface area contributed by atoms with Crippen LogP contribution in [0.3, 0.4) is 0 Å². The molecule has 1 unspecified atom stereocenters. The molecule has 1 atom stereocenters. The SMILES string of the molecule is C/C(=N\OCC(Cc1ccc(C)c(C)c1)c1cccc(C)c1)c1ccc(C=O)cc1. The molecule has 0 bridgehead atoms. The largest absolute Gasteiger partial charge is 0.395 e. The summed E-state index contributed by atoms with van der Waals surface area (Å²) in [6, 6.07) is 22.6. The highest BCUT2D eigenvalue weighted by atomic mass is 16.6. The fraction of sp³-hybridized carbons (Fsp3) is 0.259. The van der Waals surface area contributed by atoms with Gasteiger partial charge < -0.3 is 4.84 Å². The number of carbonyl (C=O) groups excluding carboxylic acids is 1. The molecule has 0 spiro atoms. The Hall–Kier alpha value is -3.20. The summed E-state index contributed by atoms with van der Waals surface area (Å²) in [6.07, 6.45) is 1.74. The lowest BCUT2D eigenvalue weighted by atomic mass is 9.90. The number of nitrogens with zero attached hydrogens (tertiary/aromatic N) is 1. The van der Waals surface area contributed by atoms with E-state index in [2.05, 4.69) is 68.4 Å². The Balaban J connectivity index is 1.76. The van der Waals surface area contributed by atoms with Crippen LogP contribution in [0.4, 0.5) is 0 Å². The molecule has 154 valence electrons. The van der Waals surface area contributed by atoms with E-state index in [1.54, 1.807) is 12.1 Å². The second kappa shape index (κ2) is 10.0. The van der Waals surface area contributed by atoms with Crippen molar-refractivity contribution in [1.29, 1.82) is 0 Å². The first-order valence-corrected chi connectivity index (χ1v) is 10.3. The molecule has 0 fully saturated rings. The summed E-state index contributed by atoms with van der Waals surface area (Å²) in [6.45, 7) is 8.82. The molecular weight excluding hydrogens is 370 g/mol. The van der Waals surface area contributed by atoms with E-state index in [9.17, 15) is 4.79 Å². The van der Waals surface area contributed by atoms with Crippen molar-refractivity contribution in [3.8, 4) is 0 Å². The highest BCUT2D eigenvalue weighted by Crippen LogP contribution is 2.24. The topological polar surface area (TPSA) is 38.7 Å². The maximum atomic E-state index is 10.8. The molecule has 3 heteroatoms. The highest BCUT2D eigenvalue weighted by Gasteiger charge is 2.15. The van der Waals surface area contributed by atoms with Crippen molar-refractivity contribution in [2.24, 2.45) is 5.16 Å². The number of hydrogen-bond acceptors (Lipinski definition) is 3. The van der Waals surface area contributed by atoms with Gasteiger partial charge in [0, 0.05) is 11.5 Å². The first-order chi connectivity index (χ1) is 14.5. The molecule has 0 aliphatic rings. The third kappa shape index (κ3) is 5.66. The highest BCUT2D eigenvalue weighted by molar-refractivity contribution is 5.98. The number of oxime groups is 1. The van der Waals surface area contributed by atoms with E-state index in [0.29, 0.717) is 12.2 Å². The van der Waals surface area contributed by atoms with E-state index in [4.69, 9.17) is 4.84 Å². The van der Waals surface area contributed by atoms with Gasteiger partial charge in [0.25, 0.3) is 0 Å². The number of rotatable bonds is 8. The molecule has 3 aromatic carbocycles. The van der Waals surface area contributed by atoms with E-state index in [-0.39, 0.29) is 5.92 Å². The summed E-state index contributed by atoms with van der Waals surface area (Å²) >= 11 is 0. The van der Waals surface area contributed by atoms with Crippen LogP contribution in [0.15, 0.2) is 71.9 Å². The summed E-state index contributed by atoms with van der Waals surface area (Å²) in [5.74, 6) is 0.209. The molecular formula is C27H29NO2. The van der Waals surface area contributed by atoms with Crippen LogP contribution in [0.2, 0.25) is 0 Å². The van der Waals surface area contributed by atoms with E-state index < -0.39 is 0 Å². The first-order valence-electron chi connectivity index (χ1n) is 10.3. The Morgan fingerprint density at radius 1 is 0.967 bits per heavy atom. The summed E-state index contributed by atoms with van der Waals surface area (Å²) in [5.41, 5.74) is 8.82. The number of benzene rings is 3. The minimum Gasteiger partial charge on any atom is -0.395 e. The molecule has 0 saturated heterocycles. The predicted molar refractivity (Wildman–Crippen MR) is 124 cm³/mol. The van der Waals surface area contributed by atoms with Crippen LogP contribution in [-0.2, 0) is 11.3 Å². The molecule has 3 nitrogen and oxygen atoms in total. The zero-order valence-corrected chi connectivity index (χ0v) is 18.2. The number of carbonyl (C=O) groups is 1. The van der Waals surface area contributed by atoms with Crippen LogP contribution in [0.5, 0.6) is 0 Å². The first kappa shape index (κ1) is 21.5. The number of aryl methyl sites for hydroxylation is 3. The Kier molecular flexibility index (Phi) is 7.18. The fourth-order valence-corrected chi connectivity index (χ4v) is 3.49. The van der Waals surface area contributed by atoms with Gasteiger partial charge in [0.15, 0.2) is 0 Å². The molecule has 0 N–H and O–H groups in total. The normalized spacial score (nSPS) is 12.5. The van der Waals surface area contributed by atoms with Crippen molar-refractivity contribution in [3.05, 3.63) is 106 Å². The van der Waals surface area contributed by atoms with Crippen LogP contribution < -0.4 is 0 Å². The van der Waals surface area contributed by atoms with Gasteiger partial charge in [-0.05, 0) is 61.9 Å². The van der Waals surface area contributed by atoms with Gasteiger partial charge >= 0.3 is 0 Å². The van der Waals surface area contributed by atoms with Crippen LogP contribution >= 0.6 is 0 Å². The van der Waals surface area contributed by atoms with Gasteiger partial charge in [0.05, 0.1) is 5.71 Å². The van der Waals surface area contributed by atoms with Crippen LogP contribution in [0.1, 0.15) is 56.6 Å². The molecule has 0 aliphatic carbocycles. The second-order valence-electron chi connectivity index (χ2n) is 7.95. The average Bonchev–Trinajstić information content (AvgIpc) is 2.75. The molecule has 0 amide bonds. The quantitative estimate of drug-likeness (QED) is 0.257. The zero-order valence-electron chi connectivity index (χ0n) is 18.2. The fourth-order valence-electron chi connectivity index (χ4n) is 3.49. The molecule has 0 saturated carbocycles. The van der Waals surface area contributed by atoms with Crippen molar-refractivity contribution in [1.82, 2.24) is 0 Å². The molecule has 0 heterocycles. The lowest BCUT2D eigenvalue weighted by Gasteiger charge is -2.18. The monoisotopic (exact) mass is 399 g/mol. The Labute approximate surface area is 179 Å². The van der Waals surface area contributed by atoms with Crippen LogP contribution in [0, 0.1) is 20.8 Å². The molecule has 0 radical (unpaired) electrons. The summed E-state index contributed by atoms with van der Waals surface area (Å²) in [4.78, 5) is 16.6. The van der Waals surface area contributed by atoms with Crippen LogP contribution in [0.25, 0.3) is 0 Å². The van der Waals surface area contributed by atoms with Gasteiger partial charge in [-0.25, -0.2) is 0 Å². The van der Waals surface area contributed by atoms with Gasteiger partial charge in [0.1, 0.15) is 12.9 Å². The van der Waals surface area contributed by atoms with E-state index in [1.165, 1.54) is 27.8 Å². The summed E-state index contributed by atoms with van der Waals surface area (Å²) in [7, 11) is 0. The second-order valence-corrected chi connectivity index (χ2v) is 7.95. The number of hydrogen-bond donors (Lipinski definition) is 0. The third-order valence-corrected chi connectivity index (χ3v) is 5.51. The minimum atomic E-state index is 0.209. The standard InChI is InChI=1S/C27H29NO2/c1-19-6-5-7-26(14-19)27(16-24-9-8-20(2)21(3)15-24)18-30-28-22(4)25-12-10-23(17-29)11-13-25/h5-15,17,27H,16,18H2,1-4H3/b28-22+. The minimum absolute atomic E-state index is 0.209. The van der Waals surface area contributed by atoms with Crippen molar-refractivity contribution in [2.45, 2.75) is 40.0 Å². The van der Waals surface area contributed by atoms with Gasteiger partial charge in [-0.3, -0.25) is 4.79 Å². The Bertz CT molecular complexity index is 1030. The van der Waals surface area contributed by atoms with Gasteiger partial charge in [-0.2, -0.15) is 0 Å². The summed E-state index contributed by atoms with van der Waals surface area (Å²) in [5, 5.41) is 4.34. The van der Waals surface area contributed by atoms with Gasteiger partial charge in [-0.1, -0.05) is 77.4 Å². The van der Waals surface area contributed by atoms with Gasteiger partial charge in [-0.15, -0.1) is 0 Å². The Morgan fingerprint density at radius 3 is 2.40 bits per heavy atom. The average molecular weight is 400 g/mol. The zero-order chi connectivity index (χ0) is 21.5. The van der Waals surface area contributed by atoms with Gasteiger partial charge in [0.2, 0.25) is 0 Å². The number of aldehydes is 1. The Morgan fingerprint density at radius 2 is 1.73 bits per heavy atom. The van der Waals surface area contributed by atoms with Crippen molar-refractivity contribution in [3.63, 3.8) is 0 Å². The van der Waals surface area contributed by atoms with Crippen molar-refractivity contribution in [2.75, 3.05) is 6.61 Å². The third-order valence-electron chi connectivity index (χ3n) is 5.51. The summed E-state index contributed by atoms with van der Waals surface area (Å²) < 4.78 is 0. The molecule has 3 aromatic rings. The lowest BCUT2D eigenvalue weighted by Crippen LogP contribution is -2.11. The van der Waals surface area contributed by atoms with E-state index in [1.807, 2.05) is 19.1 Å². The van der Waals surface area contributed by atoms with E-state index in [0.717, 1.165) is 24.0 Å². The van der Waals surface area contributed by atoms with Crippen LogP contribution in [-0.4, -0.2) is 18.6 Å². The molecule has 30 heavy (non-hydrogen) atoms.